The molecule has 1 amide bonds. The number of nitrogens with one attached hydrogen (secondary N) is 1. The first kappa shape index (κ1) is 17.6. The molecule has 22 heavy (non-hydrogen) atoms. The van der Waals surface area contributed by atoms with Gasteiger partial charge < -0.3 is 19.9 Å². The molecule has 0 aliphatic rings. The number of methoxy groups -OCH3 is 2. The molecule has 0 heterocycles. The number of ether oxygens (including phenoxy) is 2. The number of carbonyl (C=O) groups is 2. The summed E-state index contributed by atoms with van der Waals surface area (Å²) in [7, 11) is 2.82. The largest absolute Gasteiger partial charge is 0.493 e. The van der Waals surface area contributed by atoms with Gasteiger partial charge in [-0.1, -0.05) is 12.5 Å². The van der Waals surface area contributed by atoms with E-state index in [4.69, 9.17) is 14.6 Å². The number of amides is 1. The minimum absolute atomic E-state index is 0.000467. The lowest BCUT2D eigenvalue weighted by Gasteiger charge is -2.17. The van der Waals surface area contributed by atoms with Crippen molar-refractivity contribution in [3.8, 4) is 11.5 Å². The van der Waals surface area contributed by atoms with E-state index >= 15 is 0 Å². The molecular weight excluding hydrogens is 286 g/mol. The van der Waals surface area contributed by atoms with Crippen LogP contribution < -0.4 is 14.8 Å². The van der Waals surface area contributed by atoms with Gasteiger partial charge in [-0.3, -0.25) is 4.79 Å². The molecule has 0 radical (unpaired) electrons. The number of carboxylic acid groups (broad SMARTS) is 1. The van der Waals surface area contributed by atoms with Gasteiger partial charge in [-0.05, 0) is 25.5 Å². The highest BCUT2D eigenvalue weighted by Crippen LogP contribution is 2.37. The number of carboxylic acids is 1. The van der Waals surface area contributed by atoms with Crippen LogP contribution in [0, 0.1) is 5.92 Å². The molecule has 6 heteroatoms. The highest BCUT2D eigenvalue weighted by molar-refractivity contribution is 5.97. The molecule has 0 saturated carbocycles. The van der Waals surface area contributed by atoms with E-state index in [9.17, 15) is 9.59 Å². The average molecular weight is 307 g/mol. The van der Waals surface area contributed by atoms with E-state index in [-0.39, 0.29) is 34.6 Å². The van der Waals surface area contributed by atoms with Crippen molar-refractivity contribution in [2.45, 2.75) is 20.3 Å². The summed E-state index contributed by atoms with van der Waals surface area (Å²) < 4.78 is 10.3. The lowest BCUT2D eigenvalue weighted by molar-refractivity contribution is -0.119. The number of aromatic carboxylic acids is 1. The number of anilines is 1. The number of carbonyl (C=O) groups excluding carboxylic acids is 1. The van der Waals surface area contributed by atoms with Crippen LogP contribution in [-0.4, -0.2) is 31.2 Å². The number of hydrogen-bond donors (Lipinski definition) is 2. The molecule has 1 aromatic rings. The van der Waals surface area contributed by atoms with Crippen molar-refractivity contribution in [2.75, 3.05) is 19.5 Å². The molecule has 0 saturated heterocycles. The standard InChI is InChI=1S/C16H21NO5/c1-9(2)6-10(3)15(18)17-12-7-11(16(19)20)8-13(21-4)14(12)22-5/h7-8,10H,1,6H2,2-5H3,(H,17,18)(H,19,20). The van der Waals surface area contributed by atoms with Crippen LogP contribution in [0.3, 0.4) is 0 Å². The Morgan fingerprint density at radius 3 is 2.41 bits per heavy atom. The van der Waals surface area contributed by atoms with Gasteiger partial charge in [-0.25, -0.2) is 4.79 Å². The van der Waals surface area contributed by atoms with Gasteiger partial charge in [0, 0.05) is 5.92 Å². The molecule has 1 rings (SSSR count). The molecule has 0 aliphatic heterocycles. The van der Waals surface area contributed by atoms with Gasteiger partial charge >= 0.3 is 5.97 Å². The van der Waals surface area contributed by atoms with Crippen LogP contribution in [0.5, 0.6) is 11.5 Å². The molecule has 0 spiro atoms. The predicted octanol–water partition coefficient (Wildman–Crippen LogP) is 2.94. The number of hydrogen-bond acceptors (Lipinski definition) is 4. The maximum Gasteiger partial charge on any atom is 0.335 e. The fraction of sp³-hybridized carbons (Fsp3) is 0.375. The Hall–Kier alpha value is -2.50. The summed E-state index contributed by atoms with van der Waals surface area (Å²) in [5.41, 5.74) is 1.16. The third kappa shape index (κ3) is 4.25. The monoisotopic (exact) mass is 307 g/mol. The first-order valence-electron chi connectivity index (χ1n) is 6.74. The molecular formula is C16H21NO5. The van der Waals surface area contributed by atoms with Gasteiger partial charge in [0.2, 0.25) is 5.91 Å². The Bertz CT molecular complexity index is 594. The van der Waals surface area contributed by atoms with Gasteiger partial charge in [0.25, 0.3) is 0 Å². The molecule has 0 aromatic heterocycles. The molecule has 2 N–H and O–H groups in total. The molecule has 120 valence electrons. The van der Waals surface area contributed by atoms with Crippen LogP contribution >= 0.6 is 0 Å². The van der Waals surface area contributed by atoms with Crippen molar-refractivity contribution >= 4 is 17.6 Å². The van der Waals surface area contributed by atoms with Crippen molar-refractivity contribution < 1.29 is 24.2 Å². The van der Waals surface area contributed by atoms with Gasteiger partial charge in [0.1, 0.15) is 0 Å². The van der Waals surface area contributed by atoms with Gasteiger partial charge in [0.15, 0.2) is 11.5 Å². The maximum absolute atomic E-state index is 12.2. The van der Waals surface area contributed by atoms with Crippen molar-refractivity contribution in [3.63, 3.8) is 0 Å². The minimum atomic E-state index is -1.12. The van der Waals surface area contributed by atoms with Crippen molar-refractivity contribution in [2.24, 2.45) is 5.92 Å². The van der Waals surface area contributed by atoms with E-state index in [1.807, 2.05) is 6.92 Å². The van der Waals surface area contributed by atoms with Gasteiger partial charge in [0.05, 0.1) is 25.5 Å². The molecule has 1 unspecified atom stereocenters. The first-order valence-corrected chi connectivity index (χ1v) is 6.74. The van der Waals surface area contributed by atoms with E-state index in [1.54, 1.807) is 6.92 Å². The third-order valence-electron chi connectivity index (χ3n) is 3.09. The molecule has 1 atom stereocenters. The van der Waals surface area contributed by atoms with Crippen LogP contribution in [0.15, 0.2) is 24.3 Å². The fourth-order valence-corrected chi connectivity index (χ4v) is 2.05. The minimum Gasteiger partial charge on any atom is -0.493 e. The molecule has 0 aliphatic carbocycles. The molecule has 1 aromatic carbocycles. The first-order chi connectivity index (χ1) is 10.3. The summed E-state index contributed by atoms with van der Waals surface area (Å²) in [5, 5.41) is 11.8. The maximum atomic E-state index is 12.2. The third-order valence-corrected chi connectivity index (χ3v) is 3.09. The summed E-state index contributed by atoms with van der Waals surface area (Å²) in [6, 6.07) is 2.68. The predicted molar refractivity (Wildman–Crippen MR) is 83.7 cm³/mol. The highest BCUT2D eigenvalue weighted by atomic mass is 16.5. The second-order valence-corrected chi connectivity index (χ2v) is 5.12. The second kappa shape index (κ2) is 7.49. The van der Waals surface area contributed by atoms with Crippen LogP contribution in [0.25, 0.3) is 0 Å². The normalized spacial score (nSPS) is 11.5. The van der Waals surface area contributed by atoms with Gasteiger partial charge in [-0.2, -0.15) is 0 Å². The van der Waals surface area contributed by atoms with Crippen molar-refractivity contribution in [3.05, 3.63) is 29.8 Å². The lowest BCUT2D eigenvalue weighted by Crippen LogP contribution is -2.21. The van der Waals surface area contributed by atoms with E-state index in [2.05, 4.69) is 11.9 Å². The van der Waals surface area contributed by atoms with Crippen molar-refractivity contribution in [1.29, 1.82) is 0 Å². The van der Waals surface area contributed by atoms with Crippen LogP contribution in [0.1, 0.15) is 30.6 Å². The summed E-state index contributed by atoms with van der Waals surface area (Å²) in [6.45, 7) is 7.40. The molecule has 0 bridgehead atoms. The highest BCUT2D eigenvalue weighted by Gasteiger charge is 2.20. The summed E-state index contributed by atoms with van der Waals surface area (Å²) in [5.74, 6) is -1.13. The van der Waals surface area contributed by atoms with Crippen molar-refractivity contribution in [1.82, 2.24) is 0 Å². The van der Waals surface area contributed by atoms with Gasteiger partial charge in [-0.15, -0.1) is 6.58 Å². The zero-order valence-electron chi connectivity index (χ0n) is 13.2. The van der Waals surface area contributed by atoms with Crippen LogP contribution in [-0.2, 0) is 4.79 Å². The summed E-state index contributed by atoms with van der Waals surface area (Å²) >= 11 is 0. The Kier molecular flexibility index (Phi) is 5.98. The smallest absolute Gasteiger partial charge is 0.335 e. The lowest BCUT2D eigenvalue weighted by atomic mass is 10.0. The van der Waals surface area contributed by atoms with E-state index in [0.29, 0.717) is 6.42 Å². The second-order valence-electron chi connectivity index (χ2n) is 5.12. The van der Waals surface area contributed by atoms with E-state index in [1.165, 1.54) is 26.4 Å². The number of allylic oxidation sites excluding steroid dienone is 1. The SMILES string of the molecule is C=C(C)CC(C)C(=O)Nc1cc(C(=O)O)cc(OC)c1OC. The summed E-state index contributed by atoms with van der Waals surface area (Å²) in [6.07, 6.45) is 0.546. The molecule has 0 fully saturated rings. The van der Waals surface area contributed by atoms with E-state index in [0.717, 1.165) is 5.57 Å². The topological polar surface area (TPSA) is 84.9 Å². The van der Waals surface area contributed by atoms with E-state index < -0.39 is 5.97 Å². The quantitative estimate of drug-likeness (QED) is 0.757. The van der Waals surface area contributed by atoms with Crippen LogP contribution in [0.4, 0.5) is 5.69 Å². The number of rotatable bonds is 7. The Morgan fingerprint density at radius 1 is 1.32 bits per heavy atom. The zero-order chi connectivity index (χ0) is 16.9. The van der Waals surface area contributed by atoms with Crippen LogP contribution in [0.2, 0.25) is 0 Å². The fourth-order valence-electron chi connectivity index (χ4n) is 2.05. The molecule has 6 nitrogen and oxygen atoms in total. The zero-order valence-corrected chi connectivity index (χ0v) is 13.2. The number of benzene rings is 1. The Morgan fingerprint density at radius 2 is 1.95 bits per heavy atom. The summed E-state index contributed by atoms with van der Waals surface area (Å²) in [4.78, 5) is 23.4. The Labute approximate surface area is 129 Å². The average Bonchev–Trinajstić information content (AvgIpc) is 2.45. The Balaban J connectivity index is 3.16.